The number of hydrogen-bond donors (Lipinski definition) is 2. The number of nitro groups is 1. The van der Waals surface area contributed by atoms with Crippen LogP contribution in [0.4, 0.5) is 17.1 Å². The van der Waals surface area contributed by atoms with Gasteiger partial charge in [-0.1, -0.05) is 13.8 Å². The van der Waals surface area contributed by atoms with Gasteiger partial charge in [0.05, 0.1) is 10.6 Å². The lowest BCUT2D eigenvalue weighted by molar-refractivity contribution is -0.383. The summed E-state index contributed by atoms with van der Waals surface area (Å²) in [6.45, 7) is 8.35. The summed E-state index contributed by atoms with van der Waals surface area (Å²) in [5, 5.41) is 10.9. The Balaban J connectivity index is 3.23. The number of anilines is 2. The molecule has 1 aromatic rings. The van der Waals surface area contributed by atoms with E-state index < -0.39 is 4.92 Å². The normalized spacial score (nSPS) is 10.9. The molecule has 0 aliphatic carbocycles. The number of rotatable bonds is 5. The minimum Gasteiger partial charge on any atom is -0.397 e. The molecule has 0 spiro atoms. The molecule has 0 unspecified atom stereocenters. The van der Waals surface area contributed by atoms with Gasteiger partial charge in [-0.05, 0) is 31.1 Å². The molecular formula is C12H20N4O2. The SMILES string of the molecule is CCN(CC)Cc1cc([N+](=O)[O-])c(N)c(N)c1C. The van der Waals surface area contributed by atoms with Crippen molar-refractivity contribution in [3.05, 3.63) is 27.3 Å². The summed E-state index contributed by atoms with van der Waals surface area (Å²) in [6, 6.07) is 1.53. The smallest absolute Gasteiger partial charge is 0.294 e. The molecule has 0 saturated carbocycles. The zero-order valence-electron chi connectivity index (χ0n) is 11.1. The van der Waals surface area contributed by atoms with Gasteiger partial charge in [-0.25, -0.2) is 0 Å². The zero-order chi connectivity index (χ0) is 13.9. The van der Waals surface area contributed by atoms with Crippen LogP contribution in [-0.4, -0.2) is 22.9 Å². The molecule has 0 heterocycles. The first-order chi connectivity index (χ1) is 8.42. The Kier molecular flexibility index (Phi) is 4.49. The molecule has 0 radical (unpaired) electrons. The molecular weight excluding hydrogens is 232 g/mol. The van der Waals surface area contributed by atoms with Crippen molar-refractivity contribution in [1.29, 1.82) is 0 Å². The van der Waals surface area contributed by atoms with Crippen molar-refractivity contribution >= 4 is 17.1 Å². The van der Waals surface area contributed by atoms with Crippen LogP contribution in [0.3, 0.4) is 0 Å². The van der Waals surface area contributed by atoms with Crippen LogP contribution in [0, 0.1) is 17.0 Å². The molecule has 1 aromatic carbocycles. The van der Waals surface area contributed by atoms with Crippen molar-refractivity contribution in [2.75, 3.05) is 24.6 Å². The maximum atomic E-state index is 10.9. The van der Waals surface area contributed by atoms with Crippen LogP contribution in [0.5, 0.6) is 0 Å². The minimum atomic E-state index is -0.489. The number of nitrogens with two attached hydrogens (primary N) is 2. The Labute approximate surface area is 107 Å². The molecule has 4 N–H and O–H groups in total. The quantitative estimate of drug-likeness (QED) is 0.474. The van der Waals surface area contributed by atoms with E-state index in [2.05, 4.69) is 4.90 Å². The molecule has 0 amide bonds. The van der Waals surface area contributed by atoms with Gasteiger partial charge in [-0.2, -0.15) is 0 Å². The summed E-state index contributed by atoms with van der Waals surface area (Å²) in [5.41, 5.74) is 13.4. The molecule has 0 atom stereocenters. The van der Waals surface area contributed by atoms with E-state index in [1.54, 1.807) is 0 Å². The highest BCUT2D eigenvalue weighted by atomic mass is 16.6. The molecule has 0 saturated heterocycles. The molecule has 100 valence electrons. The van der Waals surface area contributed by atoms with E-state index in [1.807, 2.05) is 20.8 Å². The van der Waals surface area contributed by atoms with Crippen LogP contribution >= 0.6 is 0 Å². The van der Waals surface area contributed by atoms with E-state index in [0.29, 0.717) is 12.2 Å². The van der Waals surface area contributed by atoms with E-state index in [1.165, 1.54) is 6.07 Å². The first-order valence-electron chi connectivity index (χ1n) is 5.96. The second-order valence-electron chi connectivity index (χ2n) is 4.23. The Morgan fingerprint density at radius 3 is 2.28 bits per heavy atom. The third kappa shape index (κ3) is 2.70. The van der Waals surface area contributed by atoms with Gasteiger partial charge in [0.15, 0.2) is 0 Å². The van der Waals surface area contributed by atoms with Crippen molar-refractivity contribution in [2.24, 2.45) is 0 Å². The lowest BCUT2D eigenvalue weighted by Gasteiger charge is -2.20. The highest BCUT2D eigenvalue weighted by molar-refractivity contribution is 5.78. The maximum absolute atomic E-state index is 10.9. The van der Waals surface area contributed by atoms with Gasteiger partial charge < -0.3 is 11.5 Å². The molecule has 0 aliphatic heterocycles. The van der Waals surface area contributed by atoms with Crippen molar-refractivity contribution in [3.8, 4) is 0 Å². The number of benzene rings is 1. The molecule has 0 bridgehead atoms. The fraction of sp³-hybridized carbons (Fsp3) is 0.500. The van der Waals surface area contributed by atoms with Crippen molar-refractivity contribution in [3.63, 3.8) is 0 Å². The fourth-order valence-electron chi connectivity index (χ4n) is 1.87. The predicted octanol–water partition coefficient (Wildman–Crippen LogP) is 1.91. The maximum Gasteiger partial charge on any atom is 0.294 e. The summed E-state index contributed by atoms with van der Waals surface area (Å²) >= 11 is 0. The van der Waals surface area contributed by atoms with Gasteiger partial charge in [0.2, 0.25) is 0 Å². The average molecular weight is 252 g/mol. The Bertz CT molecular complexity index is 456. The van der Waals surface area contributed by atoms with E-state index in [-0.39, 0.29) is 11.4 Å². The Hall–Kier alpha value is -1.82. The molecule has 0 fully saturated rings. The van der Waals surface area contributed by atoms with E-state index in [9.17, 15) is 10.1 Å². The lowest BCUT2D eigenvalue weighted by atomic mass is 10.0. The fourth-order valence-corrected chi connectivity index (χ4v) is 1.87. The van der Waals surface area contributed by atoms with Crippen LogP contribution in [0.2, 0.25) is 0 Å². The third-order valence-corrected chi connectivity index (χ3v) is 3.25. The number of nitrogens with zero attached hydrogens (tertiary/aromatic N) is 2. The van der Waals surface area contributed by atoms with Gasteiger partial charge >= 0.3 is 0 Å². The lowest BCUT2D eigenvalue weighted by Crippen LogP contribution is -2.23. The summed E-state index contributed by atoms with van der Waals surface area (Å²) in [6.07, 6.45) is 0. The van der Waals surface area contributed by atoms with Gasteiger partial charge in [0.25, 0.3) is 5.69 Å². The van der Waals surface area contributed by atoms with Crippen molar-refractivity contribution < 1.29 is 4.92 Å². The summed E-state index contributed by atoms with van der Waals surface area (Å²) in [4.78, 5) is 12.6. The zero-order valence-corrected chi connectivity index (χ0v) is 11.1. The molecule has 0 aromatic heterocycles. The Morgan fingerprint density at radius 2 is 1.83 bits per heavy atom. The first kappa shape index (κ1) is 14.2. The molecule has 6 heteroatoms. The largest absolute Gasteiger partial charge is 0.397 e. The van der Waals surface area contributed by atoms with Gasteiger partial charge in [-0.15, -0.1) is 0 Å². The summed E-state index contributed by atoms with van der Waals surface area (Å²) < 4.78 is 0. The monoisotopic (exact) mass is 252 g/mol. The highest BCUT2D eigenvalue weighted by Gasteiger charge is 2.19. The first-order valence-corrected chi connectivity index (χ1v) is 5.96. The second-order valence-corrected chi connectivity index (χ2v) is 4.23. The number of hydrogen-bond acceptors (Lipinski definition) is 5. The van der Waals surface area contributed by atoms with E-state index in [4.69, 9.17) is 11.5 Å². The van der Waals surface area contributed by atoms with E-state index in [0.717, 1.165) is 24.2 Å². The molecule has 6 nitrogen and oxygen atoms in total. The van der Waals surface area contributed by atoms with Crippen molar-refractivity contribution in [1.82, 2.24) is 4.90 Å². The van der Waals surface area contributed by atoms with Gasteiger partial charge in [0, 0.05) is 12.6 Å². The average Bonchev–Trinajstić information content (AvgIpc) is 2.35. The van der Waals surface area contributed by atoms with Crippen LogP contribution in [0.25, 0.3) is 0 Å². The van der Waals surface area contributed by atoms with Crippen LogP contribution < -0.4 is 11.5 Å². The Morgan fingerprint density at radius 1 is 1.28 bits per heavy atom. The standard InChI is InChI=1S/C12H20N4O2/c1-4-15(5-2)7-9-6-10(16(17)18)12(14)11(13)8(9)3/h6H,4-5,7,13-14H2,1-3H3. The molecule has 1 rings (SSSR count). The highest BCUT2D eigenvalue weighted by Crippen LogP contribution is 2.33. The molecule has 18 heavy (non-hydrogen) atoms. The van der Waals surface area contributed by atoms with Crippen LogP contribution in [-0.2, 0) is 6.54 Å². The van der Waals surface area contributed by atoms with Crippen LogP contribution in [0.15, 0.2) is 6.07 Å². The van der Waals surface area contributed by atoms with Crippen molar-refractivity contribution in [2.45, 2.75) is 27.3 Å². The topological polar surface area (TPSA) is 98.4 Å². The van der Waals surface area contributed by atoms with Gasteiger partial charge in [-0.3, -0.25) is 15.0 Å². The third-order valence-electron chi connectivity index (χ3n) is 3.25. The summed E-state index contributed by atoms with van der Waals surface area (Å²) in [5.74, 6) is 0. The minimum absolute atomic E-state index is 0.0563. The number of nitrogen functional groups attached to an aromatic ring is 2. The van der Waals surface area contributed by atoms with Crippen LogP contribution in [0.1, 0.15) is 25.0 Å². The predicted molar refractivity (Wildman–Crippen MR) is 73.3 cm³/mol. The molecule has 0 aliphatic rings. The summed E-state index contributed by atoms with van der Waals surface area (Å²) in [7, 11) is 0. The number of nitro benzene ring substituents is 1. The second kappa shape index (κ2) is 5.68. The van der Waals surface area contributed by atoms with Gasteiger partial charge in [0.1, 0.15) is 5.69 Å². The van der Waals surface area contributed by atoms with E-state index >= 15 is 0 Å².